The molecule has 168 valence electrons. The quantitative estimate of drug-likeness (QED) is 0.419. The van der Waals surface area contributed by atoms with Crippen LogP contribution in [0.15, 0.2) is 47.6 Å². The molecule has 1 unspecified atom stereocenters. The van der Waals surface area contributed by atoms with E-state index in [1.54, 1.807) is 7.11 Å². The van der Waals surface area contributed by atoms with Gasteiger partial charge in [0, 0.05) is 11.6 Å². The Morgan fingerprint density at radius 2 is 1.97 bits per heavy atom. The first-order valence-corrected chi connectivity index (χ1v) is 12.1. The van der Waals surface area contributed by atoms with Crippen LogP contribution in [0.25, 0.3) is 11.4 Å². The minimum Gasteiger partial charge on any atom is -0.495 e. The third kappa shape index (κ3) is 4.79. The number of aromatic nitrogens is 3. The summed E-state index contributed by atoms with van der Waals surface area (Å²) >= 11 is 7.89. The average molecular weight is 471 g/mol. The van der Waals surface area contributed by atoms with Gasteiger partial charge in [0.2, 0.25) is 5.91 Å². The van der Waals surface area contributed by atoms with Crippen molar-refractivity contribution in [2.75, 3.05) is 12.4 Å². The Kier molecular flexibility index (Phi) is 7.06. The van der Waals surface area contributed by atoms with E-state index in [0.717, 1.165) is 34.9 Å². The molecule has 32 heavy (non-hydrogen) atoms. The van der Waals surface area contributed by atoms with Crippen LogP contribution >= 0.6 is 23.4 Å². The molecule has 3 aromatic rings. The highest BCUT2D eigenvalue weighted by Gasteiger charge is 2.28. The van der Waals surface area contributed by atoms with Gasteiger partial charge in [-0.15, -0.1) is 10.2 Å². The van der Waals surface area contributed by atoms with Gasteiger partial charge in [-0.05, 0) is 56.5 Å². The Bertz CT molecular complexity index is 1110. The zero-order valence-electron chi connectivity index (χ0n) is 18.5. The maximum absolute atomic E-state index is 13.0. The number of hydrogen-bond donors (Lipinski definition) is 1. The Balaban J connectivity index is 1.59. The van der Waals surface area contributed by atoms with Gasteiger partial charge in [-0.2, -0.15) is 0 Å². The number of thioether (sulfide) groups is 1. The molecule has 1 fully saturated rings. The molecule has 1 aliphatic carbocycles. The maximum Gasteiger partial charge on any atom is 0.237 e. The molecule has 1 heterocycles. The fraction of sp³-hybridized carbons (Fsp3) is 0.375. The van der Waals surface area contributed by atoms with E-state index in [1.807, 2.05) is 56.3 Å². The van der Waals surface area contributed by atoms with E-state index in [4.69, 9.17) is 16.3 Å². The summed E-state index contributed by atoms with van der Waals surface area (Å²) < 4.78 is 7.57. The lowest BCUT2D eigenvalue weighted by Gasteiger charge is -2.19. The van der Waals surface area contributed by atoms with Crippen molar-refractivity contribution in [3.05, 3.63) is 53.1 Å². The number of methoxy groups -OCH3 is 1. The van der Waals surface area contributed by atoms with Gasteiger partial charge >= 0.3 is 0 Å². The molecule has 1 amide bonds. The second kappa shape index (κ2) is 9.96. The first kappa shape index (κ1) is 22.7. The van der Waals surface area contributed by atoms with Gasteiger partial charge in [0.05, 0.1) is 23.1 Å². The standard InChI is InChI=1S/C24H27ClN4O2S/c1-15-12-13-21(31-3)20(14-15)26-23(30)16(2)32-24-28-27-22(18-10-6-7-11-19(18)25)29(24)17-8-4-5-9-17/h6-7,10-14,16-17H,4-5,8-9H2,1-3H3,(H,26,30). The van der Waals surface area contributed by atoms with E-state index in [-0.39, 0.29) is 11.2 Å². The summed E-state index contributed by atoms with van der Waals surface area (Å²) in [5, 5.41) is 13.0. The normalized spacial score (nSPS) is 15.0. The van der Waals surface area contributed by atoms with Crippen LogP contribution < -0.4 is 10.1 Å². The molecule has 0 bridgehead atoms. The fourth-order valence-corrected chi connectivity index (χ4v) is 5.18. The van der Waals surface area contributed by atoms with Gasteiger partial charge in [0.15, 0.2) is 11.0 Å². The Morgan fingerprint density at radius 3 is 2.69 bits per heavy atom. The number of nitrogens with zero attached hydrogens (tertiary/aromatic N) is 3. The number of aryl methyl sites for hydroxylation is 1. The van der Waals surface area contributed by atoms with E-state index in [0.29, 0.717) is 22.5 Å². The Morgan fingerprint density at radius 1 is 1.22 bits per heavy atom. The fourth-order valence-electron chi connectivity index (χ4n) is 4.04. The summed E-state index contributed by atoms with van der Waals surface area (Å²) in [6.45, 7) is 3.86. The van der Waals surface area contributed by atoms with Crippen molar-refractivity contribution in [1.29, 1.82) is 0 Å². The first-order chi connectivity index (χ1) is 15.5. The van der Waals surface area contributed by atoms with Gasteiger partial charge in [-0.1, -0.05) is 54.4 Å². The number of halogens is 1. The van der Waals surface area contributed by atoms with E-state index in [2.05, 4.69) is 20.1 Å². The number of hydrogen-bond acceptors (Lipinski definition) is 5. The Labute approximate surface area is 197 Å². The summed E-state index contributed by atoms with van der Waals surface area (Å²) in [6, 6.07) is 13.7. The van der Waals surface area contributed by atoms with Gasteiger partial charge in [0.25, 0.3) is 0 Å². The predicted molar refractivity (Wildman–Crippen MR) is 130 cm³/mol. The number of anilines is 1. The molecule has 1 aromatic heterocycles. The van der Waals surface area contributed by atoms with Crippen molar-refractivity contribution >= 4 is 35.0 Å². The number of carbonyl (C=O) groups is 1. The van der Waals surface area contributed by atoms with Crippen molar-refractivity contribution in [3.63, 3.8) is 0 Å². The van der Waals surface area contributed by atoms with Crippen LogP contribution in [0.4, 0.5) is 5.69 Å². The summed E-state index contributed by atoms with van der Waals surface area (Å²) in [6.07, 6.45) is 4.50. The van der Waals surface area contributed by atoms with Crippen LogP contribution in [0.3, 0.4) is 0 Å². The molecule has 1 N–H and O–H groups in total. The Hall–Kier alpha value is -2.51. The van der Waals surface area contributed by atoms with Crippen molar-refractivity contribution in [1.82, 2.24) is 14.8 Å². The maximum atomic E-state index is 13.0. The molecule has 1 saturated carbocycles. The highest BCUT2D eigenvalue weighted by Crippen LogP contribution is 2.39. The second-order valence-corrected chi connectivity index (χ2v) is 9.76. The lowest BCUT2D eigenvalue weighted by Crippen LogP contribution is -2.23. The third-order valence-corrected chi connectivity index (χ3v) is 7.12. The number of nitrogens with one attached hydrogen (secondary N) is 1. The second-order valence-electron chi connectivity index (χ2n) is 8.05. The molecule has 0 saturated heterocycles. The molecule has 6 nitrogen and oxygen atoms in total. The number of rotatable bonds is 7. The van der Waals surface area contributed by atoms with Gasteiger partial charge in [-0.25, -0.2) is 0 Å². The summed E-state index contributed by atoms with van der Waals surface area (Å²) in [5.41, 5.74) is 2.58. The number of carbonyl (C=O) groups excluding carboxylic acids is 1. The summed E-state index contributed by atoms with van der Waals surface area (Å²) in [4.78, 5) is 13.0. The monoisotopic (exact) mass is 470 g/mol. The van der Waals surface area contributed by atoms with Crippen molar-refractivity contribution in [2.24, 2.45) is 0 Å². The molecule has 0 spiro atoms. The zero-order valence-corrected chi connectivity index (χ0v) is 20.0. The zero-order chi connectivity index (χ0) is 22.7. The van der Waals surface area contributed by atoms with Crippen LogP contribution in [-0.2, 0) is 4.79 Å². The van der Waals surface area contributed by atoms with Crippen molar-refractivity contribution in [2.45, 2.75) is 56.0 Å². The number of amides is 1. The van der Waals surface area contributed by atoms with Crippen molar-refractivity contribution < 1.29 is 9.53 Å². The van der Waals surface area contributed by atoms with E-state index in [1.165, 1.54) is 24.6 Å². The predicted octanol–water partition coefficient (Wildman–Crippen LogP) is 6.15. The molecule has 1 atom stereocenters. The SMILES string of the molecule is COc1ccc(C)cc1NC(=O)C(C)Sc1nnc(-c2ccccc2Cl)n1C1CCCC1. The van der Waals surface area contributed by atoms with Crippen LogP contribution in [0.5, 0.6) is 5.75 Å². The van der Waals surface area contributed by atoms with Crippen LogP contribution in [0, 0.1) is 6.92 Å². The van der Waals surface area contributed by atoms with Crippen LogP contribution in [0.2, 0.25) is 5.02 Å². The van der Waals surface area contributed by atoms with Gasteiger partial charge in [0.1, 0.15) is 5.75 Å². The minimum absolute atomic E-state index is 0.112. The average Bonchev–Trinajstić information content (AvgIpc) is 3.44. The van der Waals surface area contributed by atoms with Gasteiger partial charge in [-0.3, -0.25) is 9.36 Å². The lowest BCUT2D eigenvalue weighted by molar-refractivity contribution is -0.115. The molecule has 4 rings (SSSR count). The smallest absolute Gasteiger partial charge is 0.237 e. The molecule has 8 heteroatoms. The largest absolute Gasteiger partial charge is 0.495 e. The molecule has 0 radical (unpaired) electrons. The molecular formula is C24H27ClN4O2S. The minimum atomic E-state index is -0.372. The van der Waals surface area contributed by atoms with E-state index < -0.39 is 0 Å². The van der Waals surface area contributed by atoms with E-state index >= 15 is 0 Å². The summed E-state index contributed by atoms with van der Waals surface area (Å²) in [7, 11) is 1.60. The highest BCUT2D eigenvalue weighted by atomic mass is 35.5. The first-order valence-electron chi connectivity index (χ1n) is 10.8. The molecular weight excluding hydrogens is 444 g/mol. The highest BCUT2D eigenvalue weighted by molar-refractivity contribution is 8.00. The van der Waals surface area contributed by atoms with Crippen LogP contribution in [-0.4, -0.2) is 33.0 Å². The molecule has 2 aromatic carbocycles. The summed E-state index contributed by atoms with van der Waals surface area (Å²) in [5.74, 6) is 1.29. The number of benzene rings is 2. The van der Waals surface area contributed by atoms with Crippen LogP contribution in [0.1, 0.15) is 44.2 Å². The van der Waals surface area contributed by atoms with Crippen molar-refractivity contribution in [3.8, 4) is 17.1 Å². The topological polar surface area (TPSA) is 69.0 Å². The molecule has 0 aliphatic heterocycles. The molecule has 1 aliphatic rings. The number of ether oxygens (including phenoxy) is 1. The van der Waals surface area contributed by atoms with E-state index in [9.17, 15) is 4.79 Å². The lowest BCUT2D eigenvalue weighted by atomic mass is 10.2. The third-order valence-electron chi connectivity index (χ3n) is 5.73. The van der Waals surface area contributed by atoms with Gasteiger partial charge < -0.3 is 10.1 Å².